The molecule has 9 heteroatoms. The number of allylic oxidation sites excluding steroid dienone is 7. The first-order valence-corrected chi connectivity index (χ1v) is 24.9. The lowest BCUT2D eigenvalue weighted by molar-refractivity contribution is -0.302. The Labute approximate surface area is 367 Å². The standard InChI is InChI=1S/C51H93NO8/c1-3-5-7-9-11-13-15-16-17-18-19-20-21-22-23-24-25-26-27-28-29-31-32-34-36-38-40-45(54)44(43-59-51-50(58)49(57)48(56)46(42-53)60-51)52-47(55)41-39-37-35-33-30-14-12-10-8-6-4-2/h10,12,26-27,31-32,38,40,44-46,48-51,53-54,56-58H,3-9,11,13-25,28-30,33-37,39,41-43H2,1-2H3,(H,52,55)/b12-10-,27-26+,32-31+,40-38+. The van der Waals surface area contributed by atoms with Gasteiger partial charge >= 0.3 is 0 Å². The van der Waals surface area contributed by atoms with Crippen molar-refractivity contribution in [1.29, 1.82) is 0 Å². The van der Waals surface area contributed by atoms with Gasteiger partial charge in [0.05, 0.1) is 25.4 Å². The Morgan fingerprint density at radius 2 is 0.967 bits per heavy atom. The van der Waals surface area contributed by atoms with Crippen molar-refractivity contribution in [3.63, 3.8) is 0 Å². The maximum atomic E-state index is 12.9. The molecule has 0 aliphatic carbocycles. The number of ether oxygens (including phenoxy) is 2. The van der Waals surface area contributed by atoms with Gasteiger partial charge in [-0.2, -0.15) is 0 Å². The van der Waals surface area contributed by atoms with E-state index in [1.807, 2.05) is 6.08 Å². The van der Waals surface area contributed by atoms with Gasteiger partial charge in [0.25, 0.3) is 0 Å². The van der Waals surface area contributed by atoms with Crippen LogP contribution in [-0.4, -0.2) is 87.5 Å². The number of carbonyl (C=O) groups excluding carboxylic acids is 1. The monoisotopic (exact) mass is 848 g/mol. The molecule has 7 atom stereocenters. The fourth-order valence-corrected chi connectivity index (χ4v) is 7.58. The second-order valence-electron chi connectivity index (χ2n) is 17.2. The first-order valence-electron chi connectivity index (χ1n) is 24.9. The molecule has 350 valence electrons. The molecule has 6 N–H and O–H groups in total. The van der Waals surface area contributed by atoms with Gasteiger partial charge in [-0.05, 0) is 64.2 Å². The summed E-state index contributed by atoms with van der Waals surface area (Å²) in [5.74, 6) is -0.203. The van der Waals surface area contributed by atoms with Gasteiger partial charge in [-0.3, -0.25) is 4.79 Å². The van der Waals surface area contributed by atoms with Crippen molar-refractivity contribution in [2.45, 2.75) is 256 Å². The molecule has 1 amide bonds. The van der Waals surface area contributed by atoms with E-state index < -0.39 is 49.5 Å². The van der Waals surface area contributed by atoms with Crippen molar-refractivity contribution < 1.29 is 39.8 Å². The highest BCUT2D eigenvalue weighted by molar-refractivity contribution is 5.76. The lowest BCUT2D eigenvalue weighted by Gasteiger charge is -2.40. The van der Waals surface area contributed by atoms with Gasteiger partial charge in [0.1, 0.15) is 24.4 Å². The topological polar surface area (TPSA) is 149 Å². The lowest BCUT2D eigenvalue weighted by Crippen LogP contribution is -2.60. The van der Waals surface area contributed by atoms with E-state index in [4.69, 9.17) is 9.47 Å². The van der Waals surface area contributed by atoms with Crippen LogP contribution in [-0.2, 0) is 14.3 Å². The second kappa shape index (κ2) is 41.2. The average molecular weight is 848 g/mol. The maximum absolute atomic E-state index is 12.9. The van der Waals surface area contributed by atoms with E-state index in [2.05, 4.69) is 55.6 Å². The van der Waals surface area contributed by atoms with Crippen LogP contribution in [0.4, 0.5) is 0 Å². The molecule has 0 aromatic carbocycles. The molecule has 0 aromatic heterocycles. The van der Waals surface area contributed by atoms with Crippen LogP contribution in [0.25, 0.3) is 0 Å². The van der Waals surface area contributed by atoms with Crippen LogP contribution in [0.1, 0.15) is 213 Å². The van der Waals surface area contributed by atoms with Crippen molar-refractivity contribution in [1.82, 2.24) is 5.32 Å². The highest BCUT2D eigenvalue weighted by Gasteiger charge is 2.44. The van der Waals surface area contributed by atoms with Crippen molar-refractivity contribution in [2.75, 3.05) is 13.2 Å². The fourth-order valence-electron chi connectivity index (χ4n) is 7.58. The van der Waals surface area contributed by atoms with E-state index in [9.17, 15) is 30.3 Å². The molecule has 1 heterocycles. The van der Waals surface area contributed by atoms with Gasteiger partial charge in [-0.15, -0.1) is 0 Å². The third kappa shape index (κ3) is 31.1. The molecule has 0 spiro atoms. The molecule has 9 nitrogen and oxygen atoms in total. The molecule has 7 unspecified atom stereocenters. The van der Waals surface area contributed by atoms with E-state index in [-0.39, 0.29) is 12.5 Å². The number of hydrogen-bond acceptors (Lipinski definition) is 8. The average Bonchev–Trinajstić information content (AvgIpc) is 3.25. The van der Waals surface area contributed by atoms with E-state index in [0.717, 1.165) is 70.6 Å². The van der Waals surface area contributed by atoms with Gasteiger partial charge in [-0.25, -0.2) is 0 Å². The number of carbonyl (C=O) groups is 1. The summed E-state index contributed by atoms with van der Waals surface area (Å²) < 4.78 is 11.2. The summed E-state index contributed by atoms with van der Waals surface area (Å²) in [7, 11) is 0. The predicted octanol–water partition coefficient (Wildman–Crippen LogP) is 11.0. The summed E-state index contributed by atoms with van der Waals surface area (Å²) in [4.78, 5) is 12.9. The summed E-state index contributed by atoms with van der Waals surface area (Å²) in [6.07, 6.45) is 46.1. The SMILES string of the molecule is CCCC/C=C\CCCCCCCC(=O)NC(COC1OC(CO)C(O)C(O)C1O)C(O)/C=C/CC/C=C/CC/C=C/CCCCCCCCCCCCCCCCCC. The largest absolute Gasteiger partial charge is 0.394 e. The highest BCUT2D eigenvalue weighted by atomic mass is 16.7. The third-order valence-electron chi connectivity index (χ3n) is 11.6. The van der Waals surface area contributed by atoms with E-state index in [0.29, 0.717) is 6.42 Å². The molecule has 0 aromatic rings. The first kappa shape index (κ1) is 56.2. The Bertz CT molecular complexity index is 1080. The van der Waals surface area contributed by atoms with Crippen LogP contribution >= 0.6 is 0 Å². The van der Waals surface area contributed by atoms with Crippen LogP contribution in [0.5, 0.6) is 0 Å². The van der Waals surface area contributed by atoms with Crippen LogP contribution in [0.3, 0.4) is 0 Å². The quantitative estimate of drug-likeness (QED) is 0.0263. The minimum atomic E-state index is -1.58. The molecule has 1 aliphatic heterocycles. The number of unbranched alkanes of at least 4 members (excludes halogenated alkanes) is 25. The fraction of sp³-hybridized carbons (Fsp3) is 0.824. The summed E-state index contributed by atoms with van der Waals surface area (Å²) in [6, 6.07) is -0.831. The minimum Gasteiger partial charge on any atom is -0.394 e. The Morgan fingerprint density at radius 3 is 1.45 bits per heavy atom. The summed E-state index contributed by atoms with van der Waals surface area (Å²) in [5, 5.41) is 54.1. The van der Waals surface area contributed by atoms with Gasteiger partial charge in [-0.1, -0.05) is 191 Å². The molecule has 0 bridgehead atoms. The highest BCUT2D eigenvalue weighted by Crippen LogP contribution is 2.22. The minimum absolute atomic E-state index is 0.203. The van der Waals surface area contributed by atoms with E-state index >= 15 is 0 Å². The molecular weight excluding hydrogens is 755 g/mol. The van der Waals surface area contributed by atoms with E-state index in [1.165, 1.54) is 122 Å². The molecule has 1 rings (SSSR count). The number of rotatable bonds is 41. The number of nitrogens with one attached hydrogen (secondary N) is 1. The Balaban J connectivity index is 2.29. The van der Waals surface area contributed by atoms with Gasteiger partial charge in [0.15, 0.2) is 6.29 Å². The van der Waals surface area contributed by atoms with Gasteiger partial charge < -0.3 is 40.3 Å². The Hall–Kier alpha value is -1.85. The molecule has 0 saturated carbocycles. The molecule has 1 aliphatic rings. The van der Waals surface area contributed by atoms with Crippen molar-refractivity contribution in [3.8, 4) is 0 Å². The molecule has 60 heavy (non-hydrogen) atoms. The van der Waals surface area contributed by atoms with Gasteiger partial charge in [0.2, 0.25) is 5.91 Å². The van der Waals surface area contributed by atoms with Crippen LogP contribution in [0.2, 0.25) is 0 Å². The van der Waals surface area contributed by atoms with Crippen molar-refractivity contribution in [3.05, 3.63) is 48.6 Å². The zero-order chi connectivity index (χ0) is 43.7. The third-order valence-corrected chi connectivity index (χ3v) is 11.6. The summed E-state index contributed by atoms with van der Waals surface area (Å²) in [5.41, 5.74) is 0. The molecule has 1 fully saturated rings. The number of amides is 1. The second-order valence-corrected chi connectivity index (χ2v) is 17.2. The predicted molar refractivity (Wildman–Crippen MR) is 249 cm³/mol. The number of aliphatic hydroxyl groups excluding tert-OH is 5. The lowest BCUT2D eigenvalue weighted by atomic mass is 9.99. The maximum Gasteiger partial charge on any atom is 0.220 e. The number of aliphatic hydroxyl groups is 5. The Morgan fingerprint density at radius 1 is 0.550 bits per heavy atom. The van der Waals surface area contributed by atoms with Crippen molar-refractivity contribution in [2.24, 2.45) is 0 Å². The van der Waals surface area contributed by atoms with Crippen LogP contribution < -0.4 is 5.32 Å². The zero-order valence-electron chi connectivity index (χ0n) is 38.5. The summed E-state index contributed by atoms with van der Waals surface area (Å²) >= 11 is 0. The number of hydrogen-bond donors (Lipinski definition) is 6. The van der Waals surface area contributed by atoms with Crippen LogP contribution in [0, 0.1) is 0 Å². The molecular formula is C51H93NO8. The normalized spacial score (nSPS) is 20.9. The summed E-state index contributed by atoms with van der Waals surface area (Å²) in [6.45, 7) is 3.70. The van der Waals surface area contributed by atoms with Crippen LogP contribution in [0.15, 0.2) is 48.6 Å². The zero-order valence-corrected chi connectivity index (χ0v) is 38.5. The van der Waals surface area contributed by atoms with Crippen molar-refractivity contribution >= 4 is 5.91 Å². The van der Waals surface area contributed by atoms with E-state index in [1.54, 1.807) is 6.08 Å². The molecule has 1 saturated heterocycles. The molecule has 0 radical (unpaired) electrons. The Kier molecular flexibility index (Phi) is 38.5. The van der Waals surface area contributed by atoms with Gasteiger partial charge in [0, 0.05) is 6.42 Å². The first-order chi connectivity index (χ1) is 29.3. The smallest absolute Gasteiger partial charge is 0.220 e.